The number of carboxylic acid groups (broad SMARTS) is 1. The highest BCUT2D eigenvalue weighted by atomic mass is 16.5. The van der Waals surface area contributed by atoms with Gasteiger partial charge in [-0.2, -0.15) is 0 Å². The first-order valence-corrected chi connectivity index (χ1v) is 4.97. The number of hydrogen-bond donors (Lipinski definition) is 1. The van der Waals surface area contributed by atoms with E-state index < -0.39 is 5.97 Å². The van der Waals surface area contributed by atoms with Crippen molar-refractivity contribution in [3.63, 3.8) is 0 Å². The van der Waals surface area contributed by atoms with Gasteiger partial charge in [-0.3, -0.25) is 0 Å². The first-order chi connectivity index (χ1) is 7.70. The van der Waals surface area contributed by atoms with Crippen molar-refractivity contribution in [2.24, 2.45) is 0 Å². The van der Waals surface area contributed by atoms with Gasteiger partial charge in [0, 0.05) is 5.57 Å². The average molecular weight is 218 g/mol. The summed E-state index contributed by atoms with van der Waals surface area (Å²) >= 11 is 0. The van der Waals surface area contributed by atoms with Crippen LogP contribution in [0.2, 0.25) is 0 Å². The molecule has 0 aromatic heterocycles. The van der Waals surface area contributed by atoms with E-state index >= 15 is 0 Å². The number of para-hydroxylation sites is 1. The smallest absolute Gasteiger partial charge is 0.330 e. The van der Waals surface area contributed by atoms with Crippen molar-refractivity contribution >= 4 is 5.97 Å². The van der Waals surface area contributed by atoms with Gasteiger partial charge in [-0.25, -0.2) is 4.79 Å². The van der Waals surface area contributed by atoms with Crippen LogP contribution in [-0.2, 0) is 4.79 Å². The maximum Gasteiger partial charge on any atom is 0.330 e. The van der Waals surface area contributed by atoms with Crippen molar-refractivity contribution in [3.8, 4) is 5.75 Å². The molecule has 0 unspecified atom stereocenters. The molecule has 0 aliphatic heterocycles. The molecule has 0 radical (unpaired) electrons. The molecule has 3 nitrogen and oxygen atoms in total. The summed E-state index contributed by atoms with van der Waals surface area (Å²) in [5.41, 5.74) is 0.337. The third kappa shape index (κ3) is 4.46. The van der Waals surface area contributed by atoms with Crippen molar-refractivity contribution in [1.29, 1.82) is 0 Å². The van der Waals surface area contributed by atoms with Gasteiger partial charge in [-0.15, -0.1) is 0 Å². The van der Waals surface area contributed by atoms with Gasteiger partial charge < -0.3 is 9.84 Å². The molecule has 0 spiro atoms. The molecule has 84 valence electrons. The van der Waals surface area contributed by atoms with Crippen molar-refractivity contribution in [3.05, 3.63) is 54.3 Å². The Hall–Kier alpha value is -2.03. The summed E-state index contributed by atoms with van der Waals surface area (Å²) in [5, 5.41) is 8.59. The minimum absolute atomic E-state index is 0.337. The largest absolute Gasteiger partial charge is 0.478 e. The summed E-state index contributed by atoms with van der Waals surface area (Å²) in [5.74, 6) is -0.130. The molecule has 0 aliphatic rings. The zero-order valence-electron chi connectivity index (χ0n) is 9.09. The standard InChI is InChI=1S/C13H14O3/c1-11(13(14)15)7-5-6-10-16-12-8-3-2-4-9-12/h2-4,6-10H,5H2,1H3,(H,14,15). The van der Waals surface area contributed by atoms with Crippen LogP contribution in [0.25, 0.3) is 0 Å². The first-order valence-electron chi connectivity index (χ1n) is 4.97. The van der Waals surface area contributed by atoms with Crippen molar-refractivity contribution in [2.45, 2.75) is 13.3 Å². The van der Waals surface area contributed by atoms with Crippen LogP contribution in [-0.4, -0.2) is 11.1 Å². The molecule has 0 atom stereocenters. The zero-order chi connectivity index (χ0) is 11.8. The van der Waals surface area contributed by atoms with Crippen LogP contribution in [0.4, 0.5) is 0 Å². The van der Waals surface area contributed by atoms with Gasteiger partial charge in [0.25, 0.3) is 0 Å². The van der Waals surface area contributed by atoms with Gasteiger partial charge in [0.15, 0.2) is 0 Å². The second-order valence-corrected chi connectivity index (χ2v) is 3.23. The highest BCUT2D eigenvalue weighted by molar-refractivity contribution is 5.85. The van der Waals surface area contributed by atoms with Crippen molar-refractivity contribution in [2.75, 3.05) is 0 Å². The molecule has 16 heavy (non-hydrogen) atoms. The summed E-state index contributed by atoms with van der Waals surface area (Å²) in [7, 11) is 0. The van der Waals surface area contributed by atoms with Crippen LogP contribution in [0.15, 0.2) is 54.3 Å². The number of allylic oxidation sites excluding steroid dienone is 2. The Morgan fingerprint density at radius 3 is 2.69 bits per heavy atom. The minimum atomic E-state index is -0.891. The van der Waals surface area contributed by atoms with E-state index in [9.17, 15) is 4.79 Å². The van der Waals surface area contributed by atoms with Gasteiger partial charge >= 0.3 is 5.97 Å². The molecule has 0 saturated carbocycles. The Kier molecular flexibility index (Phi) is 4.86. The van der Waals surface area contributed by atoms with E-state index in [1.54, 1.807) is 25.3 Å². The molecule has 1 aromatic rings. The van der Waals surface area contributed by atoms with Crippen LogP contribution in [0.3, 0.4) is 0 Å². The number of hydrogen-bond acceptors (Lipinski definition) is 2. The zero-order valence-corrected chi connectivity index (χ0v) is 9.09. The van der Waals surface area contributed by atoms with E-state index in [1.807, 2.05) is 30.3 Å². The second-order valence-electron chi connectivity index (χ2n) is 3.23. The number of carbonyl (C=O) groups is 1. The molecule has 0 fully saturated rings. The van der Waals surface area contributed by atoms with Crippen molar-refractivity contribution < 1.29 is 14.6 Å². The molecular formula is C13H14O3. The number of rotatable bonds is 5. The maximum atomic E-state index is 10.5. The molecule has 0 heterocycles. The number of benzene rings is 1. The Labute approximate surface area is 94.7 Å². The lowest BCUT2D eigenvalue weighted by molar-refractivity contribution is -0.132. The fraction of sp³-hybridized carbons (Fsp3) is 0.154. The summed E-state index contributed by atoms with van der Waals surface area (Å²) < 4.78 is 5.29. The van der Waals surface area contributed by atoms with Gasteiger partial charge in [-0.05, 0) is 31.6 Å². The van der Waals surface area contributed by atoms with E-state index in [0.29, 0.717) is 12.0 Å². The van der Waals surface area contributed by atoms with Gasteiger partial charge in [0.2, 0.25) is 0 Å². The van der Waals surface area contributed by atoms with E-state index in [4.69, 9.17) is 9.84 Å². The Morgan fingerprint density at radius 1 is 1.38 bits per heavy atom. The van der Waals surface area contributed by atoms with Gasteiger partial charge in [-0.1, -0.05) is 24.3 Å². The normalized spacial score (nSPS) is 11.7. The number of carboxylic acids is 1. The summed E-state index contributed by atoms with van der Waals surface area (Å²) in [6, 6.07) is 9.39. The first kappa shape index (κ1) is 12.0. The van der Waals surface area contributed by atoms with E-state index in [0.717, 1.165) is 5.75 Å². The number of ether oxygens (including phenoxy) is 1. The van der Waals surface area contributed by atoms with Crippen LogP contribution in [0.5, 0.6) is 5.75 Å². The lowest BCUT2D eigenvalue weighted by Crippen LogP contribution is -1.95. The summed E-state index contributed by atoms with van der Waals surface area (Å²) in [6.07, 6.45) is 5.50. The average Bonchev–Trinajstić information content (AvgIpc) is 2.29. The minimum Gasteiger partial charge on any atom is -0.478 e. The molecule has 0 amide bonds. The molecule has 0 aliphatic carbocycles. The Bertz CT molecular complexity index is 391. The monoisotopic (exact) mass is 218 g/mol. The fourth-order valence-corrected chi connectivity index (χ4v) is 1.01. The molecule has 3 heteroatoms. The quantitative estimate of drug-likeness (QED) is 0.610. The lowest BCUT2D eigenvalue weighted by atomic mass is 10.2. The molecule has 1 rings (SSSR count). The third-order valence-corrected chi connectivity index (χ3v) is 1.94. The summed E-state index contributed by atoms with van der Waals surface area (Å²) in [4.78, 5) is 10.5. The topological polar surface area (TPSA) is 46.5 Å². The highest BCUT2D eigenvalue weighted by Gasteiger charge is 1.96. The maximum absolute atomic E-state index is 10.5. The summed E-state index contributed by atoms with van der Waals surface area (Å²) in [6.45, 7) is 1.56. The van der Waals surface area contributed by atoms with E-state index in [2.05, 4.69) is 0 Å². The third-order valence-electron chi connectivity index (χ3n) is 1.94. The Balaban J connectivity index is 2.34. The van der Waals surface area contributed by atoms with Crippen LogP contribution in [0, 0.1) is 0 Å². The fourth-order valence-electron chi connectivity index (χ4n) is 1.01. The molecular weight excluding hydrogens is 204 g/mol. The van der Waals surface area contributed by atoms with Gasteiger partial charge in [0.1, 0.15) is 5.75 Å². The molecule has 0 bridgehead atoms. The highest BCUT2D eigenvalue weighted by Crippen LogP contribution is 2.08. The number of aliphatic carboxylic acids is 1. The lowest BCUT2D eigenvalue weighted by Gasteiger charge is -1.97. The van der Waals surface area contributed by atoms with E-state index in [1.165, 1.54) is 0 Å². The Morgan fingerprint density at radius 2 is 2.06 bits per heavy atom. The van der Waals surface area contributed by atoms with Crippen molar-refractivity contribution in [1.82, 2.24) is 0 Å². The van der Waals surface area contributed by atoms with Crippen LogP contribution >= 0.6 is 0 Å². The van der Waals surface area contributed by atoms with E-state index in [-0.39, 0.29) is 0 Å². The van der Waals surface area contributed by atoms with Gasteiger partial charge in [0.05, 0.1) is 6.26 Å². The predicted molar refractivity (Wildman–Crippen MR) is 62.2 cm³/mol. The SMILES string of the molecule is CC(=CCC=COc1ccccc1)C(=O)O. The molecule has 0 saturated heterocycles. The molecule has 1 aromatic carbocycles. The molecule has 1 N–H and O–H groups in total. The van der Waals surface area contributed by atoms with Crippen LogP contribution in [0.1, 0.15) is 13.3 Å². The van der Waals surface area contributed by atoms with Crippen LogP contribution < -0.4 is 4.74 Å². The second kappa shape index (κ2) is 6.45. The predicted octanol–water partition coefficient (Wildman–Crippen LogP) is 3.00.